The minimum absolute atomic E-state index is 0.0415. The molecule has 0 unspecified atom stereocenters. The van der Waals surface area contributed by atoms with Gasteiger partial charge in [0.1, 0.15) is 6.29 Å². The van der Waals surface area contributed by atoms with Crippen LogP contribution in [0.25, 0.3) is 0 Å². The van der Waals surface area contributed by atoms with E-state index in [2.05, 4.69) is 44.0 Å². The first-order valence-electron chi connectivity index (χ1n) is 27.5. The van der Waals surface area contributed by atoms with Crippen LogP contribution in [0.3, 0.4) is 0 Å². The van der Waals surface area contributed by atoms with E-state index in [0.717, 1.165) is 37.9 Å². The smallest absolute Gasteiger partial charge is 0.120 e. The molecule has 0 fully saturated rings. The molecule has 2 aromatic carbocycles. The third-order valence-corrected chi connectivity index (χ3v) is 12.5. The predicted molar refractivity (Wildman–Crippen MR) is 279 cm³/mol. The Hall–Kier alpha value is -2.49. The van der Waals surface area contributed by atoms with Gasteiger partial charge in [0.25, 0.3) is 0 Å². The number of benzene rings is 2. The van der Waals surface area contributed by atoms with Gasteiger partial charge in [0.05, 0.1) is 45.6 Å². The van der Waals surface area contributed by atoms with E-state index >= 15 is 0 Å². The lowest BCUT2D eigenvalue weighted by Gasteiger charge is -2.15. The van der Waals surface area contributed by atoms with Crippen LogP contribution in [0.4, 0.5) is 0 Å². The summed E-state index contributed by atoms with van der Waals surface area (Å²) >= 11 is 0. The molecule has 0 N–H and O–H groups in total. The van der Waals surface area contributed by atoms with Gasteiger partial charge in [-0.3, -0.25) is 0 Å². The Kier molecular flexibility index (Phi) is 47.4. The third-order valence-electron chi connectivity index (χ3n) is 12.5. The van der Waals surface area contributed by atoms with Crippen molar-refractivity contribution in [1.29, 1.82) is 0 Å². The minimum Gasteiger partial charge on any atom is -0.381 e. The first-order valence-corrected chi connectivity index (χ1v) is 27.5. The maximum atomic E-state index is 10.9. The van der Waals surface area contributed by atoms with E-state index in [1.165, 1.54) is 198 Å². The van der Waals surface area contributed by atoms with Gasteiger partial charge in [0, 0.05) is 25.6 Å². The van der Waals surface area contributed by atoms with Crippen LogP contribution in [0.5, 0.6) is 0 Å². The van der Waals surface area contributed by atoms with Crippen molar-refractivity contribution < 1.29 is 23.7 Å². The molecule has 372 valence electrons. The predicted octanol–water partition coefficient (Wildman–Crippen LogP) is 17.4. The zero-order valence-corrected chi connectivity index (χ0v) is 42.6. The lowest BCUT2D eigenvalue weighted by Crippen LogP contribution is -2.17. The summed E-state index contributed by atoms with van der Waals surface area (Å²) in [4.78, 5) is 10.9. The summed E-state index contributed by atoms with van der Waals surface area (Å²) in [7, 11) is 0. The van der Waals surface area contributed by atoms with Crippen LogP contribution in [0.2, 0.25) is 0 Å². The second-order valence-electron chi connectivity index (χ2n) is 18.9. The quantitative estimate of drug-likeness (QED) is 0.0376. The Morgan fingerprint density at radius 2 is 0.708 bits per heavy atom. The second kappa shape index (κ2) is 50.9. The maximum Gasteiger partial charge on any atom is 0.120 e. The Bertz CT molecular complexity index is 1250. The van der Waals surface area contributed by atoms with Crippen molar-refractivity contribution in [2.75, 3.05) is 39.6 Å². The van der Waals surface area contributed by atoms with Crippen LogP contribution in [0.15, 0.2) is 60.7 Å². The van der Waals surface area contributed by atoms with Gasteiger partial charge in [-0.05, 0) is 24.0 Å². The van der Waals surface area contributed by atoms with Gasteiger partial charge in [-0.15, -0.1) is 6.42 Å². The van der Waals surface area contributed by atoms with E-state index in [1.54, 1.807) is 0 Å². The molecule has 5 heteroatoms. The molecular weight excluding hydrogens is 801 g/mol. The topological polar surface area (TPSA) is 54.0 Å². The fourth-order valence-electron chi connectivity index (χ4n) is 8.26. The molecule has 0 aliphatic carbocycles. The molecule has 65 heavy (non-hydrogen) atoms. The molecule has 0 saturated carbocycles. The second-order valence-corrected chi connectivity index (χ2v) is 18.9. The highest BCUT2D eigenvalue weighted by atomic mass is 16.5. The number of hydrogen-bond acceptors (Lipinski definition) is 5. The largest absolute Gasteiger partial charge is 0.381 e. The summed E-state index contributed by atoms with van der Waals surface area (Å²) in [6, 6.07) is 20.4. The number of carbonyl (C=O) groups is 1. The standard InChI is InChI=1S/C30H52O3.C30H50O2/c1-2-3-4-5-6-7-8-9-10-11-12-13-14-15-16-20-25-32-27-30(23-24-31)28-33-26-29-21-18-17-19-22-29;1-3-5-6-7-8-9-10-11-12-13-14-15-16-17-18-22-25-31-26-29(4-2)27-32-28-30-23-20-19-21-24-30/h17-19,21-22,24,30H,2-16,20,23,25-28H2,1H3;2,19-21,23-24,29H,3,5-18,22,25-28H2,1H3/t30-;29-/m11/s1. The van der Waals surface area contributed by atoms with E-state index in [4.69, 9.17) is 25.4 Å². The fraction of sp³-hybridized carbons (Fsp3) is 0.750. The molecule has 0 aromatic heterocycles. The molecule has 2 aromatic rings. The van der Waals surface area contributed by atoms with E-state index < -0.39 is 0 Å². The van der Waals surface area contributed by atoms with Gasteiger partial charge in [-0.1, -0.05) is 273 Å². The van der Waals surface area contributed by atoms with Crippen molar-refractivity contribution in [3.63, 3.8) is 0 Å². The number of aldehydes is 1. The SMILES string of the molecule is C#C[C@H](COCCCCCCCCCCCCCCCCCC)COCc1ccccc1.CCCCCCCCCCCCCCCCCCOC[C@@H](CC=O)COCc1ccccc1. The number of ether oxygens (including phenoxy) is 4. The summed E-state index contributed by atoms with van der Waals surface area (Å²) < 4.78 is 23.1. The summed E-state index contributed by atoms with van der Waals surface area (Å²) in [5.41, 5.74) is 2.34. The molecule has 5 nitrogen and oxygen atoms in total. The third kappa shape index (κ3) is 43.8. The molecule has 0 radical (unpaired) electrons. The van der Waals surface area contributed by atoms with Crippen LogP contribution in [0.1, 0.15) is 237 Å². The summed E-state index contributed by atoms with van der Waals surface area (Å²) in [5, 5.41) is 0. The van der Waals surface area contributed by atoms with Gasteiger partial charge in [-0.25, -0.2) is 0 Å². The van der Waals surface area contributed by atoms with Crippen molar-refractivity contribution in [2.24, 2.45) is 11.8 Å². The van der Waals surface area contributed by atoms with Crippen molar-refractivity contribution in [3.05, 3.63) is 71.8 Å². The van der Waals surface area contributed by atoms with Gasteiger partial charge < -0.3 is 23.7 Å². The van der Waals surface area contributed by atoms with Crippen LogP contribution >= 0.6 is 0 Å². The Morgan fingerprint density at radius 3 is 1.05 bits per heavy atom. The molecule has 2 rings (SSSR count). The van der Waals surface area contributed by atoms with E-state index in [0.29, 0.717) is 46.1 Å². The molecule has 0 aliphatic heterocycles. The Labute approximate surface area is 403 Å². The van der Waals surface area contributed by atoms with E-state index in [-0.39, 0.29) is 11.8 Å². The van der Waals surface area contributed by atoms with Crippen molar-refractivity contribution in [2.45, 2.75) is 239 Å². The monoisotopic (exact) mass is 903 g/mol. The van der Waals surface area contributed by atoms with Crippen LogP contribution in [-0.4, -0.2) is 45.9 Å². The average Bonchev–Trinajstić information content (AvgIpc) is 3.33. The van der Waals surface area contributed by atoms with Crippen molar-refractivity contribution in [1.82, 2.24) is 0 Å². The zero-order chi connectivity index (χ0) is 46.6. The highest BCUT2D eigenvalue weighted by Gasteiger charge is 2.10. The molecule has 0 heterocycles. The van der Waals surface area contributed by atoms with Crippen LogP contribution < -0.4 is 0 Å². The maximum absolute atomic E-state index is 10.9. The van der Waals surface area contributed by atoms with Crippen LogP contribution in [0, 0.1) is 24.2 Å². The Balaban J connectivity index is 0.000000650. The number of hydrogen-bond donors (Lipinski definition) is 0. The highest BCUT2D eigenvalue weighted by molar-refractivity contribution is 5.49. The lowest BCUT2D eigenvalue weighted by atomic mass is 10.0. The first-order chi connectivity index (χ1) is 32.2. The van der Waals surface area contributed by atoms with Crippen LogP contribution in [-0.2, 0) is 37.0 Å². The van der Waals surface area contributed by atoms with Gasteiger partial charge in [-0.2, -0.15) is 0 Å². The van der Waals surface area contributed by atoms with Gasteiger partial charge >= 0.3 is 0 Å². The number of carbonyl (C=O) groups excluding carboxylic acids is 1. The number of unbranched alkanes of at least 4 members (excludes halogenated alkanes) is 30. The molecule has 2 atom stereocenters. The first kappa shape index (κ1) is 60.5. The average molecular weight is 903 g/mol. The molecule has 0 aliphatic rings. The van der Waals surface area contributed by atoms with Crippen molar-refractivity contribution >= 4 is 6.29 Å². The Morgan fingerprint density at radius 1 is 0.415 bits per heavy atom. The summed E-state index contributed by atoms with van der Waals surface area (Å²) in [5.74, 6) is 3.00. The normalized spacial score (nSPS) is 12.1. The number of rotatable bonds is 48. The molecular formula is C60H102O5. The number of terminal acetylenes is 1. The molecule has 0 amide bonds. The lowest BCUT2D eigenvalue weighted by molar-refractivity contribution is -0.109. The highest BCUT2D eigenvalue weighted by Crippen LogP contribution is 2.16. The van der Waals surface area contributed by atoms with Gasteiger partial charge in [0.15, 0.2) is 0 Å². The molecule has 0 saturated heterocycles. The van der Waals surface area contributed by atoms with Gasteiger partial charge in [0.2, 0.25) is 0 Å². The summed E-state index contributed by atoms with van der Waals surface area (Å²) in [6.07, 6.45) is 51.5. The molecule has 0 spiro atoms. The van der Waals surface area contributed by atoms with E-state index in [9.17, 15) is 4.79 Å². The summed E-state index contributed by atoms with van der Waals surface area (Å²) in [6.45, 7) is 9.74. The van der Waals surface area contributed by atoms with E-state index in [1.807, 2.05) is 36.4 Å². The minimum atomic E-state index is 0.0415. The molecule has 0 bridgehead atoms. The van der Waals surface area contributed by atoms with Crippen molar-refractivity contribution in [3.8, 4) is 12.3 Å². The fourth-order valence-corrected chi connectivity index (χ4v) is 8.26. The zero-order valence-electron chi connectivity index (χ0n) is 42.6.